The molecular weight excluding hydrogens is 272 g/mol. The van der Waals surface area contributed by atoms with E-state index in [1.807, 2.05) is 44.2 Å². The predicted octanol–water partition coefficient (Wildman–Crippen LogP) is 3.58. The van der Waals surface area contributed by atoms with Gasteiger partial charge >= 0.3 is 0 Å². The van der Waals surface area contributed by atoms with Gasteiger partial charge in [-0.2, -0.15) is 0 Å². The van der Waals surface area contributed by atoms with Gasteiger partial charge in [0.1, 0.15) is 0 Å². The summed E-state index contributed by atoms with van der Waals surface area (Å²) in [6.45, 7) is 8.05. The number of anilines is 1. The van der Waals surface area contributed by atoms with E-state index in [-0.39, 0.29) is 11.9 Å². The summed E-state index contributed by atoms with van der Waals surface area (Å²) in [6.07, 6.45) is 0. The second-order valence-electron chi connectivity index (χ2n) is 6.61. The molecule has 1 amide bonds. The first-order valence-corrected chi connectivity index (χ1v) is 7.60. The van der Waals surface area contributed by atoms with E-state index in [1.165, 1.54) is 0 Å². The average molecular weight is 294 g/mol. The van der Waals surface area contributed by atoms with Crippen molar-refractivity contribution < 1.29 is 4.79 Å². The molecule has 0 saturated carbocycles. The molecular formula is C19H22N2O. The Morgan fingerprint density at radius 2 is 1.73 bits per heavy atom. The molecule has 3 nitrogen and oxygen atoms in total. The van der Waals surface area contributed by atoms with Crippen LogP contribution in [0.15, 0.2) is 36.4 Å². The highest BCUT2D eigenvalue weighted by atomic mass is 16.2. The van der Waals surface area contributed by atoms with Crippen LogP contribution in [0.3, 0.4) is 0 Å². The lowest BCUT2D eigenvalue weighted by molar-refractivity contribution is -0.119. The molecule has 1 unspecified atom stereocenters. The molecule has 3 rings (SSSR count). The number of hydrogen-bond donors (Lipinski definition) is 2. The van der Waals surface area contributed by atoms with Crippen LogP contribution in [0, 0.1) is 13.8 Å². The molecule has 3 N–H and O–H groups in total. The molecule has 0 fully saturated rings. The molecule has 1 heterocycles. The number of nitrogens with one attached hydrogen (secondary N) is 1. The highest BCUT2D eigenvalue weighted by Crippen LogP contribution is 2.42. The molecule has 1 atom stereocenters. The quantitative estimate of drug-likeness (QED) is 0.889. The van der Waals surface area contributed by atoms with Crippen molar-refractivity contribution in [2.24, 2.45) is 5.73 Å². The lowest BCUT2D eigenvalue weighted by Crippen LogP contribution is -2.27. The van der Waals surface area contributed by atoms with E-state index in [4.69, 9.17) is 5.73 Å². The fraction of sp³-hybridized carbons (Fsp3) is 0.316. The van der Waals surface area contributed by atoms with E-state index in [0.29, 0.717) is 0 Å². The zero-order chi connectivity index (χ0) is 16.1. The van der Waals surface area contributed by atoms with Crippen molar-refractivity contribution in [3.63, 3.8) is 0 Å². The summed E-state index contributed by atoms with van der Waals surface area (Å²) in [5.41, 5.74) is 12.4. The minimum absolute atomic E-state index is 0.0513. The Hall–Kier alpha value is -2.13. The third-order valence-corrected chi connectivity index (χ3v) is 4.91. The fourth-order valence-electron chi connectivity index (χ4n) is 3.15. The van der Waals surface area contributed by atoms with E-state index in [1.54, 1.807) is 0 Å². The molecule has 1 aliphatic heterocycles. The first-order valence-electron chi connectivity index (χ1n) is 7.60. The van der Waals surface area contributed by atoms with E-state index < -0.39 is 5.41 Å². The lowest BCUT2D eigenvalue weighted by atomic mass is 9.81. The molecule has 0 bridgehead atoms. The highest BCUT2D eigenvalue weighted by molar-refractivity contribution is 6.06. The highest BCUT2D eigenvalue weighted by Gasteiger charge is 2.40. The number of fused-ring (bicyclic) bond motifs is 1. The van der Waals surface area contributed by atoms with Crippen LogP contribution in [-0.4, -0.2) is 5.91 Å². The summed E-state index contributed by atoms with van der Waals surface area (Å²) in [5, 5.41) is 3.02. The molecule has 114 valence electrons. The third kappa shape index (κ3) is 2.04. The summed E-state index contributed by atoms with van der Waals surface area (Å²) in [7, 11) is 0. The number of hydrogen-bond acceptors (Lipinski definition) is 2. The Morgan fingerprint density at radius 3 is 2.36 bits per heavy atom. The van der Waals surface area contributed by atoms with Crippen molar-refractivity contribution in [3.8, 4) is 0 Å². The molecule has 0 radical (unpaired) electrons. The summed E-state index contributed by atoms with van der Waals surface area (Å²) in [5.74, 6) is 0.0513. The van der Waals surface area contributed by atoms with Gasteiger partial charge in [-0.05, 0) is 55.5 Å². The summed E-state index contributed by atoms with van der Waals surface area (Å²) in [4.78, 5) is 12.2. The van der Waals surface area contributed by atoms with Gasteiger partial charge in [-0.1, -0.05) is 36.4 Å². The largest absolute Gasteiger partial charge is 0.325 e. The molecule has 0 saturated heterocycles. The van der Waals surface area contributed by atoms with Crippen LogP contribution in [0.1, 0.15) is 47.7 Å². The van der Waals surface area contributed by atoms with Gasteiger partial charge in [0.2, 0.25) is 5.91 Å². The summed E-state index contributed by atoms with van der Waals surface area (Å²) >= 11 is 0. The average Bonchev–Trinajstić information content (AvgIpc) is 2.74. The minimum Gasteiger partial charge on any atom is -0.325 e. The molecule has 3 heteroatoms. The summed E-state index contributed by atoms with van der Waals surface area (Å²) in [6, 6.07) is 12.0. The Labute approximate surface area is 131 Å². The molecule has 0 aromatic heterocycles. The van der Waals surface area contributed by atoms with Gasteiger partial charge in [-0.15, -0.1) is 0 Å². The van der Waals surface area contributed by atoms with Gasteiger partial charge in [0.25, 0.3) is 0 Å². The Morgan fingerprint density at radius 1 is 1.09 bits per heavy atom. The number of amides is 1. The maximum absolute atomic E-state index is 12.2. The number of carbonyl (C=O) groups is 1. The number of carbonyl (C=O) groups excluding carboxylic acids is 1. The summed E-state index contributed by atoms with van der Waals surface area (Å²) < 4.78 is 0. The van der Waals surface area contributed by atoms with Crippen LogP contribution in [0.25, 0.3) is 0 Å². The first-order chi connectivity index (χ1) is 10.3. The van der Waals surface area contributed by atoms with Crippen LogP contribution in [-0.2, 0) is 10.2 Å². The molecule has 2 aromatic rings. The van der Waals surface area contributed by atoms with E-state index in [9.17, 15) is 4.79 Å². The maximum atomic E-state index is 12.2. The van der Waals surface area contributed by atoms with Crippen molar-refractivity contribution in [3.05, 3.63) is 64.2 Å². The molecule has 0 aliphatic carbocycles. The van der Waals surface area contributed by atoms with E-state index in [0.717, 1.165) is 33.5 Å². The predicted molar refractivity (Wildman–Crippen MR) is 90.0 cm³/mol. The normalized spacial score (nSPS) is 17.0. The SMILES string of the molecule is Cc1c(C(N)c2ccccc2)cc2c(c1C)NC(=O)C2(C)C. The van der Waals surface area contributed by atoms with Crippen molar-refractivity contribution in [2.45, 2.75) is 39.2 Å². The van der Waals surface area contributed by atoms with Gasteiger partial charge in [0, 0.05) is 5.69 Å². The minimum atomic E-state index is -0.515. The Bertz CT molecular complexity index is 748. The molecule has 22 heavy (non-hydrogen) atoms. The monoisotopic (exact) mass is 294 g/mol. The zero-order valence-electron chi connectivity index (χ0n) is 13.5. The topological polar surface area (TPSA) is 55.1 Å². The third-order valence-electron chi connectivity index (χ3n) is 4.91. The zero-order valence-corrected chi connectivity index (χ0v) is 13.5. The Balaban J connectivity index is 2.18. The van der Waals surface area contributed by atoms with Crippen LogP contribution in [0.4, 0.5) is 5.69 Å². The second-order valence-corrected chi connectivity index (χ2v) is 6.61. The van der Waals surface area contributed by atoms with Gasteiger partial charge < -0.3 is 11.1 Å². The van der Waals surface area contributed by atoms with Gasteiger partial charge in [0.15, 0.2) is 0 Å². The lowest BCUT2D eigenvalue weighted by Gasteiger charge is -2.22. The smallest absolute Gasteiger partial charge is 0.234 e. The van der Waals surface area contributed by atoms with Crippen LogP contribution in [0.2, 0.25) is 0 Å². The first kappa shape index (κ1) is 14.8. The van der Waals surface area contributed by atoms with Crippen molar-refractivity contribution in [2.75, 3.05) is 5.32 Å². The fourth-order valence-corrected chi connectivity index (χ4v) is 3.15. The molecule has 0 spiro atoms. The standard InChI is InChI=1S/C19H22N2O/c1-11-12(2)17-15(19(3,4)18(22)21-17)10-14(11)16(20)13-8-6-5-7-9-13/h5-10,16H,20H2,1-4H3,(H,21,22). The molecule has 2 aromatic carbocycles. The van der Waals surface area contributed by atoms with Crippen LogP contribution < -0.4 is 11.1 Å². The number of rotatable bonds is 2. The van der Waals surface area contributed by atoms with Gasteiger partial charge in [0.05, 0.1) is 11.5 Å². The second kappa shape index (κ2) is 4.96. The van der Waals surface area contributed by atoms with Crippen molar-refractivity contribution in [1.82, 2.24) is 0 Å². The van der Waals surface area contributed by atoms with Gasteiger partial charge in [-0.3, -0.25) is 4.79 Å². The Kier molecular flexibility index (Phi) is 3.33. The maximum Gasteiger partial charge on any atom is 0.234 e. The van der Waals surface area contributed by atoms with Crippen LogP contribution in [0.5, 0.6) is 0 Å². The number of benzene rings is 2. The van der Waals surface area contributed by atoms with Crippen LogP contribution >= 0.6 is 0 Å². The van der Waals surface area contributed by atoms with E-state index in [2.05, 4.69) is 25.2 Å². The van der Waals surface area contributed by atoms with Crippen molar-refractivity contribution in [1.29, 1.82) is 0 Å². The van der Waals surface area contributed by atoms with E-state index >= 15 is 0 Å². The molecule has 1 aliphatic rings. The van der Waals surface area contributed by atoms with Gasteiger partial charge in [-0.25, -0.2) is 0 Å². The number of nitrogens with two attached hydrogens (primary N) is 1. The van der Waals surface area contributed by atoms with Crippen molar-refractivity contribution >= 4 is 11.6 Å².